The molecule has 2 aromatic rings. The lowest BCUT2D eigenvalue weighted by Crippen LogP contribution is -2.45. The normalized spacial score (nSPS) is 17.8. The summed E-state index contributed by atoms with van der Waals surface area (Å²) in [5.74, 6) is -0.927. The van der Waals surface area contributed by atoms with Gasteiger partial charge in [-0.25, -0.2) is 8.42 Å². The Kier molecular flexibility index (Phi) is 7.69. The number of ketones is 1. The van der Waals surface area contributed by atoms with Crippen molar-refractivity contribution in [3.05, 3.63) is 58.6 Å². The van der Waals surface area contributed by atoms with Crippen molar-refractivity contribution in [3.8, 4) is 0 Å². The van der Waals surface area contributed by atoms with E-state index in [-0.39, 0.29) is 41.2 Å². The second-order valence-electron chi connectivity index (χ2n) is 7.64. The smallest absolute Gasteiger partial charge is 0.245 e. The standard InChI is InChI=1S/C21H23ClN2O4S.ClH/c1-13(2)9-19(25)15-5-8-20-18(10-15)24(11-14-3-6-16(22)7-4-14)21(26)17(23)12-29(20,27)28;/h3-8,10,13,17H,9,11-12,23H2,1-2H3;1H/t17-;/m0./s1. The molecule has 6 nitrogen and oxygen atoms in total. The highest BCUT2D eigenvalue weighted by Gasteiger charge is 2.36. The molecule has 2 aromatic carbocycles. The predicted molar refractivity (Wildman–Crippen MR) is 120 cm³/mol. The summed E-state index contributed by atoms with van der Waals surface area (Å²) >= 11 is 5.93. The van der Waals surface area contributed by atoms with Crippen LogP contribution in [0.15, 0.2) is 47.4 Å². The van der Waals surface area contributed by atoms with Gasteiger partial charge in [0.15, 0.2) is 15.6 Å². The number of benzene rings is 2. The van der Waals surface area contributed by atoms with Crippen molar-refractivity contribution < 1.29 is 18.0 Å². The molecule has 1 aliphatic heterocycles. The zero-order valence-corrected chi connectivity index (χ0v) is 19.1. The van der Waals surface area contributed by atoms with E-state index in [0.29, 0.717) is 17.0 Å². The molecule has 30 heavy (non-hydrogen) atoms. The average molecular weight is 471 g/mol. The van der Waals surface area contributed by atoms with Crippen molar-refractivity contribution in [2.75, 3.05) is 10.7 Å². The maximum absolute atomic E-state index is 13.0. The zero-order chi connectivity index (χ0) is 21.3. The van der Waals surface area contributed by atoms with Crippen LogP contribution in [0.2, 0.25) is 5.02 Å². The zero-order valence-electron chi connectivity index (χ0n) is 16.7. The topological polar surface area (TPSA) is 97.5 Å². The van der Waals surface area contributed by atoms with Crippen LogP contribution in [0.25, 0.3) is 0 Å². The number of Topliss-reactive ketones (excluding diaryl/α,β-unsaturated/α-hetero) is 1. The monoisotopic (exact) mass is 470 g/mol. The largest absolute Gasteiger partial charge is 0.319 e. The third-order valence-electron chi connectivity index (χ3n) is 4.74. The van der Waals surface area contributed by atoms with Gasteiger partial charge in [-0.2, -0.15) is 0 Å². The van der Waals surface area contributed by atoms with Crippen LogP contribution < -0.4 is 10.6 Å². The van der Waals surface area contributed by atoms with Gasteiger partial charge < -0.3 is 10.6 Å². The Balaban J connectivity index is 0.00000320. The Hall–Kier alpha value is -1.93. The fraction of sp³-hybridized carbons (Fsp3) is 0.333. The van der Waals surface area contributed by atoms with Crippen molar-refractivity contribution in [2.45, 2.75) is 37.8 Å². The molecule has 1 aliphatic rings. The Morgan fingerprint density at radius 2 is 1.83 bits per heavy atom. The summed E-state index contributed by atoms with van der Waals surface area (Å²) in [6.45, 7) is 3.98. The highest BCUT2D eigenvalue weighted by Crippen LogP contribution is 2.33. The number of rotatable bonds is 5. The number of anilines is 1. The van der Waals surface area contributed by atoms with Gasteiger partial charge in [-0.15, -0.1) is 12.4 Å². The summed E-state index contributed by atoms with van der Waals surface area (Å²) in [6, 6.07) is 10.1. The first kappa shape index (κ1) is 24.3. The molecule has 0 saturated carbocycles. The van der Waals surface area contributed by atoms with E-state index in [0.717, 1.165) is 5.56 Å². The number of hydrogen-bond acceptors (Lipinski definition) is 5. The lowest BCUT2D eigenvalue weighted by atomic mass is 10.0. The minimum atomic E-state index is -3.78. The summed E-state index contributed by atoms with van der Waals surface area (Å²) in [7, 11) is -3.78. The first-order valence-corrected chi connectivity index (χ1v) is 11.3. The van der Waals surface area contributed by atoms with Gasteiger partial charge >= 0.3 is 0 Å². The number of nitrogens with zero attached hydrogens (tertiary/aromatic N) is 1. The van der Waals surface area contributed by atoms with Crippen molar-refractivity contribution in [1.82, 2.24) is 0 Å². The average Bonchev–Trinajstić information content (AvgIpc) is 2.71. The minimum Gasteiger partial charge on any atom is -0.319 e. The predicted octanol–water partition coefficient (Wildman–Crippen LogP) is 3.64. The fourth-order valence-electron chi connectivity index (χ4n) is 3.31. The third-order valence-corrected chi connectivity index (χ3v) is 6.80. The van der Waals surface area contributed by atoms with Gasteiger partial charge in [-0.3, -0.25) is 9.59 Å². The van der Waals surface area contributed by atoms with E-state index in [1.54, 1.807) is 24.3 Å². The second-order valence-corrected chi connectivity index (χ2v) is 10.1. The van der Waals surface area contributed by atoms with Crippen LogP contribution in [0.1, 0.15) is 36.2 Å². The van der Waals surface area contributed by atoms with Gasteiger partial charge in [0.2, 0.25) is 5.91 Å². The van der Waals surface area contributed by atoms with Crippen molar-refractivity contribution in [3.63, 3.8) is 0 Å². The van der Waals surface area contributed by atoms with Gasteiger partial charge in [-0.05, 0) is 41.8 Å². The molecule has 2 N–H and O–H groups in total. The summed E-state index contributed by atoms with van der Waals surface area (Å²) in [5, 5.41) is 0.553. The molecule has 162 valence electrons. The summed E-state index contributed by atoms with van der Waals surface area (Å²) in [4.78, 5) is 26.9. The Labute approximate surface area is 187 Å². The first-order chi connectivity index (χ1) is 13.6. The molecule has 9 heteroatoms. The van der Waals surface area contributed by atoms with Crippen LogP contribution in [-0.2, 0) is 21.2 Å². The van der Waals surface area contributed by atoms with E-state index in [9.17, 15) is 18.0 Å². The number of nitrogens with two attached hydrogens (primary N) is 1. The lowest BCUT2D eigenvalue weighted by molar-refractivity contribution is -0.119. The van der Waals surface area contributed by atoms with E-state index in [1.807, 2.05) is 13.8 Å². The Morgan fingerprint density at radius 1 is 1.20 bits per heavy atom. The van der Waals surface area contributed by atoms with E-state index in [2.05, 4.69) is 0 Å². The highest BCUT2D eigenvalue weighted by atomic mass is 35.5. The summed E-state index contributed by atoms with van der Waals surface area (Å²) in [6.07, 6.45) is 0.330. The summed E-state index contributed by atoms with van der Waals surface area (Å²) in [5.41, 5.74) is 7.23. The van der Waals surface area contributed by atoms with Gasteiger partial charge in [0.1, 0.15) is 0 Å². The molecule has 0 spiro atoms. The number of hydrogen-bond donors (Lipinski definition) is 1. The van der Waals surface area contributed by atoms with Gasteiger partial charge in [0.05, 0.1) is 28.9 Å². The maximum atomic E-state index is 13.0. The van der Waals surface area contributed by atoms with Crippen LogP contribution in [0.4, 0.5) is 5.69 Å². The maximum Gasteiger partial charge on any atom is 0.245 e. The van der Waals surface area contributed by atoms with Crippen LogP contribution in [0.3, 0.4) is 0 Å². The summed E-state index contributed by atoms with van der Waals surface area (Å²) < 4.78 is 25.6. The van der Waals surface area contributed by atoms with Gasteiger partial charge in [0, 0.05) is 17.0 Å². The van der Waals surface area contributed by atoms with Crippen LogP contribution in [-0.4, -0.2) is 31.9 Å². The molecule has 0 radical (unpaired) electrons. The second kappa shape index (κ2) is 9.47. The first-order valence-electron chi connectivity index (χ1n) is 9.30. The van der Waals surface area contributed by atoms with Crippen LogP contribution >= 0.6 is 24.0 Å². The van der Waals surface area contributed by atoms with Crippen molar-refractivity contribution >= 4 is 51.2 Å². The van der Waals surface area contributed by atoms with Crippen LogP contribution in [0.5, 0.6) is 0 Å². The lowest BCUT2D eigenvalue weighted by Gasteiger charge is -2.24. The third kappa shape index (κ3) is 5.21. The molecule has 0 fully saturated rings. The van der Waals surface area contributed by atoms with E-state index < -0.39 is 27.5 Å². The molecule has 0 aliphatic carbocycles. The number of carbonyl (C=O) groups is 2. The number of amides is 1. The van der Waals surface area contributed by atoms with Gasteiger partial charge in [-0.1, -0.05) is 37.6 Å². The molecule has 1 atom stereocenters. The molecule has 1 amide bonds. The quantitative estimate of drug-likeness (QED) is 0.672. The molecular weight excluding hydrogens is 447 g/mol. The van der Waals surface area contributed by atoms with E-state index in [4.69, 9.17) is 17.3 Å². The van der Waals surface area contributed by atoms with Gasteiger partial charge in [0.25, 0.3) is 0 Å². The Morgan fingerprint density at radius 3 is 2.43 bits per heavy atom. The number of carbonyl (C=O) groups excluding carboxylic acids is 2. The molecule has 0 unspecified atom stereocenters. The number of fused-ring (bicyclic) bond motifs is 1. The highest BCUT2D eigenvalue weighted by molar-refractivity contribution is 7.91. The molecule has 3 rings (SSSR count). The Bertz CT molecular complexity index is 1050. The molecule has 0 saturated heterocycles. The number of sulfone groups is 1. The van der Waals surface area contributed by atoms with Crippen molar-refractivity contribution in [2.24, 2.45) is 11.7 Å². The molecular formula is C21H24Cl2N2O4S. The fourth-order valence-corrected chi connectivity index (χ4v) is 4.99. The molecule has 0 aromatic heterocycles. The minimum absolute atomic E-state index is 0. The SMILES string of the molecule is CC(C)CC(=O)c1ccc2c(c1)N(Cc1ccc(Cl)cc1)C(=O)[C@@H](N)CS2(=O)=O.Cl. The number of halogens is 2. The van der Waals surface area contributed by atoms with E-state index >= 15 is 0 Å². The van der Waals surface area contributed by atoms with Crippen molar-refractivity contribution in [1.29, 1.82) is 0 Å². The molecule has 0 bridgehead atoms. The van der Waals surface area contributed by atoms with Crippen LogP contribution in [0, 0.1) is 5.92 Å². The van der Waals surface area contributed by atoms with E-state index in [1.165, 1.54) is 23.1 Å². The molecule has 1 heterocycles.